The van der Waals surface area contributed by atoms with Crippen molar-refractivity contribution >= 4 is 15.5 Å². The minimum absolute atomic E-state index is 0.0789. The second kappa shape index (κ2) is 6.10. The molecule has 22 heavy (non-hydrogen) atoms. The first kappa shape index (κ1) is 16.5. The van der Waals surface area contributed by atoms with E-state index in [1.54, 1.807) is 62.2 Å². The van der Waals surface area contributed by atoms with Crippen LogP contribution in [0.2, 0.25) is 0 Å². The molecule has 120 valence electrons. The summed E-state index contributed by atoms with van der Waals surface area (Å²) in [4.78, 5) is 0.305. The second-order valence-electron chi connectivity index (χ2n) is 5.46. The molecular formula is C15H21N3O3S. The molecule has 6 nitrogen and oxygen atoms in total. The van der Waals surface area contributed by atoms with E-state index >= 15 is 0 Å². The summed E-state index contributed by atoms with van der Waals surface area (Å²) in [6.45, 7) is 3.61. The van der Waals surface area contributed by atoms with Crippen LogP contribution in [0.4, 0.5) is 5.69 Å². The standard InChI is InChI=1S/C15H21N3O3S/c1-4-22(20,21)14-7-5-13(6-8-14)16-11-15(2,19)12-9-17-18(3)10-12/h5-10,16,19H,4,11H2,1-3H3. The Bertz CT molecular complexity index is 734. The summed E-state index contributed by atoms with van der Waals surface area (Å²) < 4.78 is 25.1. The van der Waals surface area contributed by atoms with Crippen LogP contribution >= 0.6 is 0 Å². The average molecular weight is 323 g/mol. The molecule has 1 aromatic carbocycles. The zero-order valence-electron chi connectivity index (χ0n) is 12.9. The lowest BCUT2D eigenvalue weighted by Gasteiger charge is -2.23. The summed E-state index contributed by atoms with van der Waals surface area (Å²) >= 11 is 0. The van der Waals surface area contributed by atoms with Crippen molar-refractivity contribution in [2.45, 2.75) is 24.3 Å². The molecule has 0 amide bonds. The summed E-state index contributed by atoms with van der Waals surface area (Å²) in [6, 6.07) is 6.53. The third-order valence-corrected chi connectivity index (χ3v) is 5.31. The average Bonchev–Trinajstić information content (AvgIpc) is 2.93. The van der Waals surface area contributed by atoms with E-state index in [9.17, 15) is 13.5 Å². The van der Waals surface area contributed by atoms with Crippen LogP contribution in [0.25, 0.3) is 0 Å². The van der Waals surface area contributed by atoms with E-state index in [1.165, 1.54) is 0 Å². The number of aromatic nitrogens is 2. The van der Waals surface area contributed by atoms with E-state index in [-0.39, 0.29) is 5.75 Å². The molecule has 0 fully saturated rings. The zero-order valence-corrected chi connectivity index (χ0v) is 13.8. The molecule has 1 aromatic heterocycles. The quantitative estimate of drug-likeness (QED) is 0.842. The Balaban J connectivity index is 2.06. The molecule has 0 bridgehead atoms. The smallest absolute Gasteiger partial charge is 0.178 e. The van der Waals surface area contributed by atoms with Crippen LogP contribution in [0, 0.1) is 0 Å². The van der Waals surface area contributed by atoms with E-state index < -0.39 is 15.4 Å². The topological polar surface area (TPSA) is 84.2 Å². The highest BCUT2D eigenvalue weighted by Crippen LogP contribution is 2.21. The number of rotatable bonds is 6. The van der Waals surface area contributed by atoms with E-state index in [1.807, 2.05) is 0 Å². The first-order chi connectivity index (χ1) is 10.2. The molecule has 0 saturated carbocycles. The molecule has 2 aromatic rings. The summed E-state index contributed by atoms with van der Waals surface area (Å²) in [5.74, 6) is 0.0789. The first-order valence-electron chi connectivity index (χ1n) is 7.03. The van der Waals surface area contributed by atoms with Crippen molar-refractivity contribution in [1.29, 1.82) is 0 Å². The Morgan fingerprint density at radius 2 is 1.95 bits per heavy atom. The monoisotopic (exact) mass is 323 g/mol. The van der Waals surface area contributed by atoms with Crippen LogP contribution in [0.5, 0.6) is 0 Å². The van der Waals surface area contributed by atoms with Crippen LogP contribution in [0.1, 0.15) is 19.4 Å². The van der Waals surface area contributed by atoms with Crippen LogP contribution in [-0.4, -0.2) is 35.6 Å². The second-order valence-corrected chi connectivity index (χ2v) is 7.74. The summed E-state index contributed by atoms with van der Waals surface area (Å²) in [5, 5.41) is 17.6. The predicted octanol–water partition coefficient (Wildman–Crippen LogP) is 1.53. The van der Waals surface area contributed by atoms with Crippen molar-refractivity contribution < 1.29 is 13.5 Å². The lowest BCUT2D eigenvalue weighted by atomic mass is 9.99. The number of anilines is 1. The number of hydrogen-bond donors (Lipinski definition) is 2. The Morgan fingerprint density at radius 1 is 1.32 bits per heavy atom. The van der Waals surface area contributed by atoms with Crippen molar-refractivity contribution in [3.05, 3.63) is 42.2 Å². The number of sulfone groups is 1. The lowest BCUT2D eigenvalue weighted by Crippen LogP contribution is -2.30. The normalized spacial score (nSPS) is 14.5. The third kappa shape index (κ3) is 3.66. The summed E-state index contributed by atoms with van der Waals surface area (Å²) in [6.07, 6.45) is 3.39. The maximum Gasteiger partial charge on any atom is 0.178 e. The van der Waals surface area contributed by atoms with Gasteiger partial charge in [-0.05, 0) is 31.2 Å². The maximum absolute atomic E-state index is 11.7. The molecule has 1 atom stereocenters. The number of aryl methyl sites for hydroxylation is 1. The molecule has 2 rings (SSSR count). The van der Waals surface area contributed by atoms with Crippen LogP contribution in [0.3, 0.4) is 0 Å². The highest BCUT2D eigenvalue weighted by molar-refractivity contribution is 7.91. The van der Waals surface area contributed by atoms with Gasteiger partial charge in [0.15, 0.2) is 9.84 Å². The van der Waals surface area contributed by atoms with Gasteiger partial charge in [0, 0.05) is 31.0 Å². The van der Waals surface area contributed by atoms with Gasteiger partial charge in [-0.1, -0.05) is 6.92 Å². The molecule has 0 spiro atoms. The van der Waals surface area contributed by atoms with Crippen molar-refractivity contribution in [2.75, 3.05) is 17.6 Å². The minimum atomic E-state index is -3.19. The molecule has 2 N–H and O–H groups in total. The number of hydrogen-bond acceptors (Lipinski definition) is 5. The van der Waals surface area contributed by atoms with E-state index in [4.69, 9.17) is 0 Å². The van der Waals surface area contributed by atoms with Gasteiger partial charge in [-0.25, -0.2) is 8.42 Å². The SMILES string of the molecule is CCS(=O)(=O)c1ccc(NCC(C)(O)c2cnn(C)c2)cc1. The maximum atomic E-state index is 11.7. The number of benzene rings is 1. The molecule has 0 aliphatic heterocycles. The molecule has 1 unspecified atom stereocenters. The summed E-state index contributed by atoms with van der Waals surface area (Å²) in [5.41, 5.74) is 0.398. The molecular weight excluding hydrogens is 302 g/mol. The van der Waals surface area contributed by atoms with Gasteiger partial charge < -0.3 is 10.4 Å². The predicted molar refractivity (Wildman–Crippen MR) is 85.4 cm³/mol. The van der Waals surface area contributed by atoms with Gasteiger partial charge in [-0.15, -0.1) is 0 Å². The highest BCUT2D eigenvalue weighted by atomic mass is 32.2. The van der Waals surface area contributed by atoms with Crippen molar-refractivity contribution in [3.63, 3.8) is 0 Å². The van der Waals surface area contributed by atoms with Crippen LogP contribution in [0.15, 0.2) is 41.6 Å². The summed E-state index contributed by atoms with van der Waals surface area (Å²) in [7, 11) is -1.40. The molecule has 1 heterocycles. The molecule has 0 aliphatic rings. The Kier molecular flexibility index (Phi) is 4.58. The Labute approximate surface area is 130 Å². The fraction of sp³-hybridized carbons (Fsp3) is 0.400. The molecule has 0 radical (unpaired) electrons. The van der Waals surface area contributed by atoms with Gasteiger partial charge in [-0.3, -0.25) is 4.68 Å². The van der Waals surface area contributed by atoms with Crippen LogP contribution < -0.4 is 5.32 Å². The third-order valence-electron chi connectivity index (χ3n) is 3.56. The Hall–Kier alpha value is -1.86. The van der Waals surface area contributed by atoms with Gasteiger partial charge in [0.05, 0.1) is 16.8 Å². The fourth-order valence-corrected chi connectivity index (χ4v) is 2.91. The van der Waals surface area contributed by atoms with Gasteiger partial charge in [0.2, 0.25) is 0 Å². The van der Waals surface area contributed by atoms with Crippen molar-refractivity contribution in [3.8, 4) is 0 Å². The minimum Gasteiger partial charge on any atom is -0.383 e. The fourth-order valence-electron chi connectivity index (χ4n) is 2.02. The number of aliphatic hydroxyl groups is 1. The largest absolute Gasteiger partial charge is 0.383 e. The molecule has 7 heteroatoms. The Morgan fingerprint density at radius 3 is 2.45 bits per heavy atom. The van der Waals surface area contributed by atoms with E-state index in [0.29, 0.717) is 17.0 Å². The number of nitrogens with zero attached hydrogens (tertiary/aromatic N) is 2. The first-order valence-corrected chi connectivity index (χ1v) is 8.68. The van der Waals surface area contributed by atoms with Gasteiger partial charge in [-0.2, -0.15) is 5.10 Å². The van der Waals surface area contributed by atoms with Gasteiger partial charge in [0.1, 0.15) is 5.60 Å². The zero-order chi connectivity index (χ0) is 16.4. The lowest BCUT2D eigenvalue weighted by molar-refractivity contribution is 0.0714. The molecule has 0 aliphatic carbocycles. The highest BCUT2D eigenvalue weighted by Gasteiger charge is 2.24. The van der Waals surface area contributed by atoms with E-state index in [2.05, 4.69) is 10.4 Å². The van der Waals surface area contributed by atoms with Crippen LogP contribution in [-0.2, 0) is 22.5 Å². The van der Waals surface area contributed by atoms with E-state index in [0.717, 1.165) is 5.69 Å². The number of nitrogens with one attached hydrogen (secondary N) is 1. The van der Waals surface area contributed by atoms with Gasteiger partial charge >= 0.3 is 0 Å². The molecule has 0 saturated heterocycles. The van der Waals surface area contributed by atoms with Crippen molar-refractivity contribution in [2.24, 2.45) is 7.05 Å². The van der Waals surface area contributed by atoms with Crippen molar-refractivity contribution in [1.82, 2.24) is 9.78 Å². The van der Waals surface area contributed by atoms with Gasteiger partial charge in [0.25, 0.3) is 0 Å².